The third kappa shape index (κ3) is 4.96. The highest BCUT2D eigenvalue weighted by atomic mass is 19.1. The van der Waals surface area contributed by atoms with Gasteiger partial charge in [0, 0.05) is 31.4 Å². The number of carbonyl (C=O) groups excluding carboxylic acids is 2. The summed E-state index contributed by atoms with van der Waals surface area (Å²) in [6.45, 7) is 1.44. The summed E-state index contributed by atoms with van der Waals surface area (Å²) in [6, 6.07) is 5.56. The fourth-order valence-electron chi connectivity index (χ4n) is 3.90. The maximum Gasteiger partial charge on any atom is 0.358 e. The van der Waals surface area contributed by atoms with Crippen LogP contribution in [0.25, 0.3) is 11.4 Å². The van der Waals surface area contributed by atoms with E-state index < -0.39 is 17.7 Å². The summed E-state index contributed by atoms with van der Waals surface area (Å²) in [5.41, 5.74) is 18.2. The molecule has 0 radical (unpaired) electrons. The first-order valence-corrected chi connectivity index (χ1v) is 10.9. The first kappa shape index (κ1) is 23.8. The monoisotopic (exact) mass is 480 g/mol. The molecule has 182 valence electrons. The Kier molecular flexibility index (Phi) is 6.73. The van der Waals surface area contributed by atoms with Crippen molar-refractivity contribution >= 4 is 34.6 Å². The molecule has 3 aromatic rings. The minimum atomic E-state index is -0.835. The van der Waals surface area contributed by atoms with E-state index in [-0.39, 0.29) is 40.2 Å². The van der Waals surface area contributed by atoms with Gasteiger partial charge in [-0.3, -0.25) is 9.78 Å². The molecule has 4 rings (SSSR count). The molecule has 1 aliphatic heterocycles. The van der Waals surface area contributed by atoms with Crippen molar-refractivity contribution in [1.82, 2.24) is 15.0 Å². The number of nitrogens with one attached hydrogen (secondary N) is 1. The number of nitrogen functional groups attached to an aromatic ring is 2. The maximum absolute atomic E-state index is 14.7. The van der Waals surface area contributed by atoms with Gasteiger partial charge in [-0.1, -0.05) is 0 Å². The van der Waals surface area contributed by atoms with Gasteiger partial charge in [-0.05, 0) is 31.0 Å². The van der Waals surface area contributed by atoms with Crippen LogP contribution in [0.2, 0.25) is 0 Å². The van der Waals surface area contributed by atoms with E-state index in [4.69, 9.17) is 17.2 Å². The highest BCUT2D eigenvalue weighted by molar-refractivity contribution is 6.08. The van der Waals surface area contributed by atoms with E-state index in [9.17, 15) is 14.0 Å². The first-order chi connectivity index (χ1) is 16.8. The van der Waals surface area contributed by atoms with Crippen molar-refractivity contribution in [2.45, 2.75) is 18.9 Å². The second-order valence-electron chi connectivity index (χ2n) is 8.08. The molecule has 1 aliphatic rings. The van der Waals surface area contributed by atoms with E-state index in [0.29, 0.717) is 12.2 Å². The van der Waals surface area contributed by atoms with Crippen molar-refractivity contribution in [1.29, 1.82) is 0 Å². The smallest absolute Gasteiger partial charge is 0.358 e. The van der Waals surface area contributed by atoms with Crippen molar-refractivity contribution in [2.75, 3.05) is 41.9 Å². The molecule has 1 amide bonds. The fraction of sp³-hybridized carbons (Fsp3) is 0.261. The molecule has 0 aliphatic carbocycles. The Morgan fingerprint density at radius 3 is 2.71 bits per heavy atom. The lowest BCUT2D eigenvalue weighted by atomic mass is 10.1. The molecule has 1 fully saturated rings. The lowest BCUT2D eigenvalue weighted by Gasteiger charge is -2.33. The minimum Gasteiger partial charge on any atom is -0.464 e. The number of nitrogens with zero attached hydrogens (tertiary/aromatic N) is 4. The van der Waals surface area contributed by atoms with Crippen LogP contribution in [0.1, 0.15) is 33.8 Å². The van der Waals surface area contributed by atoms with Crippen molar-refractivity contribution in [2.24, 2.45) is 5.73 Å². The van der Waals surface area contributed by atoms with Crippen LogP contribution >= 0.6 is 0 Å². The molecule has 11 nitrogen and oxygen atoms in total. The predicted molar refractivity (Wildman–Crippen MR) is 129 cm³/mol. The molecule has 0 bridgehead atoms. The summed E-state index contributed by atoms with van der Waals surface area (Å²) >= 11 is 0. The van der Waals surface area contributed by atoms with Gasteiger partial charge in [0.2, 0.25) is 0 Å². The third-order valence-electron chi connectivity index (χ3n) is 5.61. The van der Waals surface area contributed by atoms with Crippen LogP contribution in [0, 0.1) is 5.82 Å². The topological polar surface area (TPSA) is 175 Å². The minimum absolute atomic E-state index is 0.0135. The molecule has 12 heteroatoms. The van der Waals surface area contributed by atoms with Gasteiger partial charge in [-0.15, -0.1) is 0 Å². The third-order valence-corrected chi connectivity index (χ3v) is 5.61. The number of anilines is 4. The zero-order valence-corrected chi connectivity index (χ0v) is 19.0. The van der Waals surface area contributed by atoms with Gasteiger partial charge in [0.25, 0.3) is 5.91 Å². The number of piperidine rings is 1. The number of amides is 1. The second kappa shape index (κ2) is 9.89. The number of ether oxygens (including phenoxy) is 1. The van der Waals surface area contributed by atoms with Crippen molar-refractivity contribution in [3.8, 4) is 11.4 Å². The number of rotatable bonds is 5. The van der Waals surface area contributed by atoms with E-state index in [1.807, 2.05) is 0 Å². The molecule has 0 spiro atoms. The number of pyridine rings is 3. The van der Waals surface area contributed by atoms with Gasteiger partial charge < -0.3 is 32.2 Å². The van der Waals surface area contributed by atoms with E-state index in [0.717, 1.165) is 38.2 Å². The van der Waals surface area contributed by atoms with Crippen LogP contribution in [-0.2, 0) is 4.74 Å². The van der Waals surface area contributed by atoms with Crippen LogP contribution in [0.15, 0.2) is 36.7 Å². The average Bonchev–Trinajstić information content (AvgIpc) is 2.84. The molecule has 35 heavy (non-hydrogen) atoms. The fourth-order valence-corrected chi connectivity index (χ4v) is 3.90. The molecule has 0 aromatic carbocycles. The first-order valence-electron chi connectivity index (χ1n) is 10.9. The zero-order valence-electron chi connectivity index (χ0n) is 19.0. The number of esters is 1. The average molecular weight is 481 g/mol. The largest absolute Gasteiger partial charge is 0.464 e. The van der Waals surface area contributed by atoms with Crippen LogP contribution in [-0.4, -0.2) is 53.1 Å². The van der Waals surface area contributed by atoms with E-state index in [1.54, 1.807) is 12.3 Å². The SMILES string of the molecule is COC(=O)c1nc(-c2ccc(N)c(C(=O)Nc3cnccc3N3CCCC(N)C3)n2)c(F)cc1N. The predicted octanol–water partition coefficient (Wildman–Crippen LogP) is 1.81. The Hall–Kier alpha value is -4.32. The standard InChI is InChI=1S/C23H25FN8O3/c1-35-23(34)21-15(27)9-13(24)19(31-21)16-5-4-14(26)20(29-16)22(33)30-17-10-28-7-6-18(17)32-8-2-3-12(25)11-32/h4-7,9-10,12H,2-3,8,11,25-27H2,1H3,(H,30,33). The second-order valence-corrected chi connectivity index (χ2v) is 8.08. The summed E-state index contributed by atoms with van der Waals surface area (Å²) in [5, 5.41) is 2.79. The lowest BCUT2D eigenvalue weighted by molar-refractivity contribution is 0.0595. The normalized spacial score (nSPS) is 15.5. The van der Waals surface area contributed by atoms with Crippen LogP contribution in [0.3, 0.4) is 0 Å². The number of methoxy groups -OCH3 is 1. The summed E-state index contributed by atoms with van der Waals surface area (Å²) in [4.78, 5) is 39.5. The van der Waals surface area contributed by atoms with E-state index in [2.05, 4.69) is 29.9 Å². The number of halogens is 1. The molecule has 3 aromatic heterocycles. The Balaban J connectivity index is 1.66. The number of aromatic nitrogens is 3. The quantitative estimate of drug-likeness (QED) is 0.394. The Labute approximate surface area is 200 Å². The van der Waals surface area contributed by atoms with Gasteiger partial charge in [0.1, 0.15) is 5.69 Å². The van der Waals surface area contributed by atoms with Crippen molar-refractivity contribution in [3.63, 3.8) is 0 Å². The highest BCUT2D eigenvalue weighted by Crippen LogP contribution is 2.29. The summed E-state index contributed by atoms with van der Waals surface area (Å²) in [5.74, 6) is -2.28. The highest BCUT2D eigenvalue weighted by Gasteiger charge is 2.23. The molecule has 0 saturated carbocycles. The molecule has 1 atom stereocenters. The molecular weight excluding hydrogens is 455 g/mol. The summed E-state index contributed by atoms with van der Waals surface area (Å²) in [7, 11) is 1.15. The Bertz CT molecular complexity index is 1290. The zero-order chi connectivity index (χ0) is 25.1. The van der Waals surface area contributed by atoms with Crippen molar-refractivity contribution < 1.29 is 18.7 Å². The number of nitrogens with two attached hydrogens (primary N) is 3. The number of carbonyl (C=O) groups is 2. The Morgan fingerprint density at radius 1 is 1.17 bits per heavy atom. The van der Waals surface area contributed by atoms with Gasteiger partial charge in [-0.25, -0.2) is 19.2 Å². The molecule has 1 unspecified atom stereocenters. The summed E-state index contributed by atoms with van der Waals surface area (Å²) < 4.78 is 19.3. The van der Waals surface area contributed by atoms with E-state index >= 15 is 0 Å². The van der Waals surface area contributed by atoms with E-state index in [1.165, 1.54) is 18.3 Å². The molecule has 4 heterocycles. The van der Waals surface area contributed by atoms with Gasteiger partial charge in [0.15, 0.2) is 17.2 Å². The van der Waals surface area contributed by atoms with Crippen LogP contribution in [0.5, 0.6) is 0 Å². The van der Waals surface area contributed by atoms with Crippen molar-refractivity contribution in [3.05, 3.63) is 53.9 Å². The lowest BCUT2D eigenvalue weighted by Crippen LogP contribution is -2.43. The van der Waals surface area contributed by atoms with Gasteiger partial charge in [-0.2, -0.15) is 0 Å². The maximum atomic E-state index is 14.7. The van der Waals surface area contributed by atoms with Gasteiger partial charge >= 0.3 is 5.97 Å². The number of hydrogen-bond acceptors (Lipinski definition) is 10. The van der Waals surface area contributed by atoms with Gasteiger partial charge in [0.05, 0.1) is 41.8 Å². The number of hydrogen-bond donors (Lipinski definition) is 4. The molecule has 7 N–H and O–H groups in total. The Morgan fingerprint density at radius 2 is 1.97 bits per heavy atom. The van der Waals surface area contributed by atoms with Crippen LogP contribution < -0.4 is 27.4 Å². The van der Waals surface area contributed by atoms with Crippen LogP contribution in [0.4, 0.5) is 27.1 Å². The molecule has 1 saturated heterocycles. The summed E-state index contributed by atoms with van der Waals surface area (Å²) in [6.07, 6.45) is 5.02. The molecular formula is C23H25FN8O3.